The molecular formula is C16H26BrNS. The minimum atomic E-state index is 0.514. The number of alkyl halides is 1. The maximum atomic E-state index is 3.80. The van der Waals surface area contributed by atoms with E-state index in [1.807, 2.05) is 11.3 Å². The molecule has 0 amide bonds. The number of thiophene rings is 1. The summed E-state index contributed by atoms with van der Waals surface area (Å²) in [7, 11) is 0. The Balaban J connectivity index is 2.02. The van der Waals surface area contributed by atoms with Gasteiger partial charge in [0, 0.05) is 29.3 Å². The van der Waals surface area contributed by atoms with Crippen LogP contribution in [0.4, 0.5) is 0 Å². The highest BCUT2D eigenvalue weighted by molar-refractivity contribution is 9.09. The molecule has 1 aliphatic carbocycles. The first-order valence-electron chi connectivity index (χ1n) is 7.48. The van der Waals surface area contributed by atoms with Gasteiger partial charge < -0.3 is 0 Å². The zero-order valence-electron chi connectivity index (χ0n) is 12.2. The highest BCUT2D eigenvalue weighted by Gasteiger charge is 2.33. The number of rotatable bonds is 6. The van der Waals surface area contributed by atoms with Crippen LogP contribution in [0.1, 0.15) is 50.8 Å². The predicted octanol–water partition coefficient (Wildman–Crippen LogP) is 5.30. The molecule has 19 heavy (non-hydrogen) atoms. The summed E-state index contributed by atoms with van der Waals surface area (Å²) in [5.74, 6) is 0. The predicted molar refractivity (Wildman–Crippen MR) is 89.2 cm³/mol. The molecule has 1 heterocycles. The number of hydrogen-bond donors (Lipinski definition) is 0. The van der Waals surface area contributed by atoms with E-state index in [0.717, 1.165) is 11.9 Å². The minimum Gasteiger partial charge on any atom is -0.295 e. The number of nitrogens with zero attached hydrogens (tertiary/aromatic N) is 1. The molecule has 2 rings (SSSR count). The average molecular weight is 344 g/mol. The summed E-state index contributed by atoms with van der Waals surface area (Å²) in [4.78, 5) is 4.16. The lowest BCUT2D eigenvalue weighted by Crippen LogP contribution is -2.43. The van der Waals surface area contributed by atoms with Crippen LogP contribution in [0.5, 0.6) is 0 Å². The molecule has 1 aliphatic rings. The average Bonchev–Trinajstić information content (AvgIpc) is 2.92. The molecule has 108 valence electrons. The first kappa shape index (κ1) is 15.5. The molecule has 0 N–H and O–H groups in total. The lowest BCUT2D eigenvalue weighted by Gasteiger charge is -2.41. The summed E-state index contributed by atoms with van der Waals surface area (Å²) >= 11 is 5.68. The third-order valence-electron chi connectivity index (χ3n) is 4.41. The van der Waals surface area contributed by atoms with Gasteiger partial charge in [0.2, 0.25) is 0 Å². The molecule has 3 heteroatoms. The molecule has 0 aromatic carbocycles. The summed E-state index contributed by atoms with van der Waals surface area (Å²) < 4.78 is 0. The fraction of sp³-hybridized carbons (Fsp3) is 0.750. The Morgan fingerprint density at radius 2 is 2.05 bits per heavy atom. The van der Waals surface area contributed by atoms with Gasteiger partial charge in [-0.2, -0.15) is 0 Å². The largest absolute Gasteiger partial charge is 0.295 e. The van der Waals surface area contributed by atoms with Crippen molar-refractivity contribution >= 4 is 27.3 Å². The third-order valence-corrected chi connectivity index (χ3v) is 6.46. The van der Waals surface area contributed by atoms with Crippen LogP contribution in [-0.4, -0.2) is 22.8 Å². The van der Waals surface area contributed by atoms with E-state index in [4.69, 9.17) is 0 Å². The maximum Gasteiger partial charge on any atom is 0.0330 e. The van der Waals surface area contributed by atoms with E-state index in [9.17, 15) is 0 Å². The van der Waals surface area contributed by atoms with Gasteiger partial charge in [0.1, 0.15) is 0 Å². The molecule has 1 fully saturated rings. The normalized spacial score (nSPS) is 19.2. The van der Waals surface area contributed by atoms with E-state index < -0.39 is 0 Å². The van der Waals surface area contributed by atoms with Crippen molar-refractivity contribution in [2.75, 3.05) is 11.9 Å². The lowest BCUT2D eigenvalue weighted by molar-refractivity contribution is 0.0990. The molecular weight excluding hydrogens is 318 g/mol. The molecule has 0 unspecified atom stereocenters. The highest BCUT2D eigenvalue weighted by Crippen LogP contribution is 2.39. The fourth-order valence-corrected chi connectivity index (χ4v) is 4.56. The van der Waals surface area contributed by atoms with Crippen LogP contribution < -0.4 is 0 Å². The molecule has 0 aliphatic heterocycles. The molecule has 1 aromatic heterocycles. The molecule has 1 saturated carbocycles. The van der Waals surface area contributed by atoms with Crippen molar-refractivity contribution in [1.29, 1.82) is 0 Å². The Bertz CT molecular complexity index is 355. The molecule has 0 spiro atoms. The van der Waals surface area contributed by atoms with Crippen LogP contribution in [0, 0.1) is 5.41 Å². The Labute approximate surface area is 130 Å². The zero-order valence-corrected chi connectivity index (χ0v) is 14.6. The van der Waals surface area contributed by atoms with Crippen molar-refractivity contribution in [3.05, 3.63) is 22.4 Å². The van der Waals surface area contributed by atoms with Crippen LogP contribution in [0.3, 0.4) is 0 Å². The summed E-state index contributed by atoms with van der Waals surface area (Å²) in [5, 5.41) is 3.35. The number of hydrogen-bond acceptors (Lipinski definition) is 2. The van der Waals surface area contributed by atoms with Crippen LogP contribution >= 0.6 is 27.3 Å². The van der Waals surface area contributed by atoms with E-state index in [-0.39, 0.29) is 0 Å². The summed E-state index contributed by atoms with van der Waals surface area (Å²) in [6, 6.07) is 5.06. The van der Waals surface area contributed by atoms with Crippen LogP contribution in [0.15, 0.2) is 17.5 Å². The van der Waals surface area contributed by atoms with Crippen LogP contribution in [0.2, 0.25) is 0 Å². The summed E-state index contributed by atoms with van der Waals surface area (Å²) in [5.41, 5.74) is 0.514. The Kier molecular flexibility index (Phi) is 5.91. The van der Waals surface area contributed by atoms with Gasteiger partial charge in [-0.1, -0.05) is 41.3 Å². The Morgan fingerprint density at radius 3 is 2.58 bits per heavy atom. The van der Waals surface area contributed by atoms with Gasteiger partial charge in [-0.25, -0.2) is 0 Å². The number of halogens is 1. The van der Waals surface area contributed by atoms with Gasteiger partial charge in [0.15, 0.2) is 0 Å². The molecule has 1 nitrogen and oxygen atoms in total. The van der Waals surface area contributed by atoms with E-state index in [1.165, 1.54) is 43.5 Å². The topological polar surface area (TPSA) is 3.24 Å². The third kappa shape index (κ3) is 4.30. The second kappa shape index (κ2) is 7.24. The Morgan fingerprint density at radius 1 is 1.32 bits per heavy atom. The van der Waals surface area contributed by atoms with E-state index in [0.29, 0.717) is 11.5 Å². The maximum absolute atomic E-state index is 3.80. The zero-order chi connectivity index (χ0) is 13.7. The first-order valence-corrected chi connectivity index (χ1v) is 9.48. The van der Waals surface area contributed by atoms with Gasteiger partial charge in [-0.15, -0.1) is 11.3 Å². The summed E-state index contributed by atoms with van der Waals surface area (Å²) in [6.07, 6.45) is 7.05. The van der Waals surface area contributed by atoms with Crippen LogP contribution in [0.25, 0.3) is 0 Å². The molecule has 0 radical (unpaired) electrons. The fourth-order valence-electron chi connectivity index (χ4n) is 3.09. The van der Waals surface area contributed by atoms with Gasteiger partial charge in [0.25, 0.3) is 0 Å². The second-order valence-corrected chi connectivity index (χ2v) is 7.87. The van der Waals surface area contributed by atoms with E-state index >= 15 is 0 Å². The van der Waals surface area contributed by atoms with Crippen molar-refractivity contribution in [3.63, 3.8) is 0 Å². The SMILES string of the molecule is CC(C)N(Cc1cccs1)CC1(CBr)CCCCC1. The van der Waals surface area contributed by atoms with Crippen molar-refractivity contribution in [2.24, 2.45) is 5.41 Å². The van der Waals surface area contributed by atoms with E-state index in [2.05, 4.69) is 52.2 Å². The Hall–Kier alpha value is 0.140. The molecule has 1 aromatic rings. The smallest absolute Gasteiger partial charge is 0.0330 e. The van der Waals surface area contributed by atoms with Crippen molar-refractivity contribution in [1.82, 2.24) is 4.90 Å². The van der Waals surface area contributed by atoms with Gasteiger partial charge >= 0.3 is 0 Å². The minimum absolute atomic E-state index is 0.514. The van der Waals surface area contributed by atoms with Gasteiger partial charge in [-0.05, 0) is 43.6 Å². The van der Waals surface area contributed by atoms with Gasteiger partial charge in [0.05, 0.1) is 0 Å². The monoisotopic (exact) mass is 343 g/mol. The van der Waals surface area contributed by atoms with E-state index in [1.54, 1.807) is 0 Å². The van der Waals surface area contributed by atoms with Crippen molar-refractivity contribution in [3.8, 4) is 0 Å². The standard InChI is InChI=1S/C16H26BrNS/c1-14(2)18(11-15-7-6-10-19-15)13-16(12-17)8-4-3-5-9-16/h6-7,10,14H,3-5,8-9,11-13H2,1-2H3. The van der Waals surface area contributed by atoms with Crippen molar-refractivity contribution < 1.29 is 0 Å². The molecule has 0 bridgehead atoms. The van der Waals surface area contributed by atoms with Crippen LogP contribution in [-0.2, 0) is 6.54 Å². The molecule has 0 saturated heterocycles. The molecule has 0 atom stereocenters. The lowest BCUT2D eigenvalue weighted by atomic mass is 9.75. The second-order valence-electron chi connectivity index (χ2n) is 6.27. The first-order chi connectivity index (χ1) is 9.15. The van der Waals surface area contributed by atoms with Crippen molar-refractivity contribution in [2.45, 2.75) is 58.5 Å². The quantitative estimate of drug-likeness (QED) is 0.633. The highest BCUT2D eigenvalue weighted by atomic mass is 79.9. The summed E-state index contributed by atoms with van der Waals surface area (Å²) in [6.45, 7) is 7.02. The van der Waals surface area contributed by atoms with Gasteiger partial charge in [-0.3, -0.25) is 4.90 Å².